The minimum atomic E-state index is -1.07. The van der Waals surface area contributed by atoms with Gasteiger partial charge in [-0.1, -0.05) is 12.1 Å². The zero-order chi connectivity index (χ0) is 24.4. The van der Waals surface area contributed by atoms with E-state index in [1.165, 1.54) is 43.6 Å². The lowest BCUT2D eigenvalue weighted by Crippen LogP contribution is -2.29. The monoisotopic (exact) mass is 464 g/mol. The second-order valence-corrected chi connectivity index (χ2v) is 7.42. The van der Waals surface area contributed by atoms with Crippen LogP contribution in [0.2, 0.25) is 0 Å². The van der Waals surface area contributed by atoms with E-state index in [-0.39, 0.29) is 23.4 Å². The third-order valence-corrected chi connectivity index (χ3v) is 5.51. The minimum absolute atomic E-state index is 0.0251. The first kappa shape index (κ1) is 22.6. The average molecular weight is 464 g/mol. The number of aliphatic hydroxyl groups excluding tert-OH is 1. The average Bonchev–Trinajstić information content (AvgIpc) is 3.45. The maximum atomic E-state index is 13.2. The van der Waals surface area contributed by atoms with Gasteiger partial charge in [0.1, 0.15) is 23.0 Å². The van der Waals surface area contributed by atoms with Gasteiger partial charge in [0.25, 0.3) is 17.4 Å². The molecular formula is C24H20N2O8. The van der Waals surface area contributed by atoms with Gasteiger partial charge in [-0.15, -0.1) is 0 Å². The van der Waals surface area contributed by atoms with Crippen LogP contribution in [0.3, 0.4) is 0 Å². The number of hydrogen-bond acceptors (Lipinski definition) is 8. The number of likely N-dealkylation sites (tertiary alicyclic amines) is 1. The first-order valence-electron chi connectivity index (χ1n) is 10.1. The fraction of sp³-hybridized carbons (Fsp3) is 0.167. The van der Waals surface area contributed by atoms with Gasteiger partial charge in [0, 0.05) is 23.3 Å². The number of carbonyl (C=O) groups excluding carboxylic acids is 2. The number of carbonyl (C=O) groups is 2. The number of nitrogens with zero attached hydrogens (tertiary/aromatic N) is 2. The number of rotatable bonds is 7. The van der Waals surface area contributed by atoms with E-state index in [1.807, 2.05) is 0 Å². The molecule has 34 heavy (non-hydrogen) atoms. The van der Waals surface area contributed by atoms with Crippen LogP contribution in [0.25, 0.3) is 5.76 Å². The second-order valence-electron chi connectivity index (χ2n) is 7.42. The van der Waals surface area contributed by atoms with E-state index in [4.69, 9.17) is 13.9 Å². The van der Waals surface area contributed by atoms with Crippen LogP contribution in [0.4, 0.5) is 5.69 Å². The Morgan fingerprint density at radius 2 is 1.91 bits per heavy atom. The fourth-order valence-electron chi connectivity index (χ4n) is 3.91. The van der Waals surface area contributed by atoms with E-state index in [1.54, 1.807) is 30.3 Å². The number of Topliss-reactive ketones (excluding diaryl/α,β-unsaturated/α-hetero) is 1. The van der Waals surface area contributed by atoms with Gasteiger partial charge in [-0.2, -0.15) is 0 Å². The van der Waals surface area contributed by atoms with Crippen LogP contribution in [-0.2, 0) is 16.1 Å². The SMILES string of the molecule is COc1ccc(OC)c([C@@H]2C(=C(O)c3cccc([N+](=O)[O-])c3)C(=O)C(=O)N2Cc2ccco2)c1. The number of aliphatic hydroxyl groups is 1. The van der Waals surface area contributed by atoms with Crippen molar-refractivity contribution in [3.8, 4) is 11.5 Å². The quantitative estimate of drug-likeness (QED) is 0.183. The minimum Gasteiger partial charge on any atom is -0.507 e. The number of benzene rings is 2. The van der Waals surface area contributed by atoms with E-state index < -0.39 is 28.4 Å². The predicted octanol–water partition coefficient (Wildman–Crippen LogP) is 3.83. The molecule has 1 fully saturated rings. The van der Waals surface area contributed by atoms with Gasteiger partial charge in [0.15, 0.2) is 0 Å². The third kappa shape index (κ3) is 3.96. The summed E-state index contributed by atoms with van der Waals surface area (Å²) in [5, 5.41) is 22.4. The Morgan fingerprint density at radius 3 is 2.56 bits per heavy atom. The van der Waals surface area contributed by atoms with Crippen molar-refractivity contribution in [2.24, 2.45) is 0 Å². The zero-order valence-electron chi connectivity index (χ0n) is 18.3. The maximum absolute atomic E-state index is 13.2. The summed E-state index contributed by atoms with van der Waals surface area (Å²) in [6, 6.07) is 12.3. The molecule has 1 saturated heterocycles. The Labute approximate surface area is 193 Å². The van der Waals surface area contributed by atoms with Crippen LogP contribution in [0, 0.1) is 10.1 Å². The highest BCUT2D eigenvalue weighted by molar-refractivity contribution is 6.46. The van der Waals surface area contributed by atoms with Crippen LogP contribution in [0.1, 0.15) is 22.9 Å². The Bertz CT molecular complexity index is 1300. The summed E-state index contributed by atoms with van der Waals surface area (Å²) in [5.41, 5.74) is -0.0929. The Kier molecular flexibility index (Phi) is 6.05. The van der Waals surface area contributed by atoms with Crippen molar-refractivity contribution in [1.29, 1.82) is 0 Å². The van der Waals surface area contributed by atoms with Gasteiger partial charge >= 0.3 is 0 Å². The molecule has 0 saturated carbocycles. The standard InChI is InChI=1S/C24H20N2O8/c1-32-16-8-9-19(33-2)18(12-16)21-20(22(27)14-5-3-6-15(11-14)26(30)31)23(28)24(29)25(21)13-17-7-4-10-34-17/h3-12,21,27H,13H2,1-2H3/t21-/m1/s1. The highest BCUT2D eigenvalue weighted by Gasteiger charge is 2.47. The number of hydrogen-bond donors (Lipinski definition) is 1. The Hall–Kier alpha value is -4.60. The first-order chi connectivity index (χ1) is 16.3. The summed E-state index contributed by atoms with van der Waals surface area (Å²) in [7, 11) is 2.90. The molecule has 1 aliphatic heterocycles. The fourth-order valence-corrected chi connectivity index (χ4v) is 3.91. The summed E-state index contributed by atoms with van der Waals surface area (Å²) in [6.45, 7) is -0.0612. The van der Waals surface area contributed by atoms with Crippen LogP contribution < -0.4 is 9.47 Å². The molecule has 2 heterocycles. The molecule has 0 aliphatic carbocycles. The van der Waals surface area contributed by atoms with Gasteiger partial charge in [-0.05, 0) is 30.3 Å². The van der Waals surface area contributed by atoms with Crippen molar-refractivity contribution >= 4 is 23.1 Å². The highest BCUT2D eigenvalue weighted by atomic mass is 16.6. The van der Waals surface area contributed by atoms with Crippen LogP contribution >= 0.6 is 0 Å². The number of furan rings is 1. The molecule has 4 rings (SSSR count). The number of methoxy groups -OCH3 is 2. The summed E-state index contributed by atoms with van der Waals surface area (Å²) < 4.78 is 16.2. The second kappa shape index (κ2) is 9.10. The number of non-ortho nitro benzene ring substituents is 1. The number of nitro benzene ring substituents is 1. The molecule has 1 amide bonds. The molecule has 10 nitrogen and oxygen atoms in total. The number of nitro groups is 1. The molecule has 0 radical (unpaired) electrons. The summed E-state index contributed by atoms with van der Waals surface area (Å²) in [5.74, 6) is -1.14. The third-order valence-electron chi connectivity index (χ3n) is 5.51. The molecule has 174 valence electrons. The van der Waals surface area contributed by atoms with Gasteiger partial charge in [-0.3, -0.25) is 19.7 Å². The molecule has 3 aromatic rings. The molecule has 1 atom stereocenters. The molecule has 0 bridgehead atoms. The van der Waals surface area contributed by atoms with E-state index in [0.717, 1.165) is 6.07 Å². The topological polar surface area (TPSA) is 132 Å². The Balaban J connectivity index is 1.95. The van der Waals surface area contributed by atoms with E-state index >= 15 is 0 Å². The molecule has 10 heteroatoms. The Morgan fingerprint density at radius 1 is 1.12 bits per heavy atom. The lowest BCUT2D eigenvalue weighted by molar-refractivity contribution is -0.384. The van der Waals surface area contributed by atoms with Crippen LogP contribution in [0.5, 0.6) is 11.5 Å². The smallest absolute Gasteiger partial charge is 0.296 e. The van der Waals surface area contributed by atoms with Crippen LogP contribution in [-0.4, -0.2) is 40.8 Å². The zero-order valence-corrected chi connectivity index (χ0v) is 18.3. The van der Waals surface area contributed by atoms with Crippen molar-refractivity contribution in [3.63, 3.8) is 0 Å². The molecule has 1 N–H and O–H groups in total. The van der Waals surface area contributed by atoms with Gasteiger partial charge in [0.05, 0.1) is 43.6 Å². The molecular weight excluding hydrogens is 444 g/mol. The lowest BCUT2D eigenvalue weighted by atomic mass is 9.94. The maximum Gasteiger partial charge on any atom is 0.296 e. The van der Waals surface area contributed by atoms with E-state index in [2.05, 4.69) is 0 Å². The first-order valence-corrected chi connectivity index (χ1v) is 10.1. The molecule has 1 aliphatic rings. The van der Waals surface area contributed by atoms with Crippen molar-refractivity contribution in [1.82, 2.24) is 4.90 Å². The number of amides is 1. The molecule has 2 aromatic carbocycles. The molecule has 0 unspecified atom stereocenters. The number of ketones is 1. The van der Waals surface area contributed by atoms with Crippen LogP contribution in [0.15, 0.2) is 70.9 Å². The van der Waals surface area contributed by atoms with Gasteiger partial charge < -0.3 is 23.9 Å². The van der Waals surface area contributed by atoms with E-state index in [0.29, 0.717) is 22.8 Å². The van der Waals surface area contributed by atoms with Crippen molar-refractivity contribution in [2.75, 3.05) is 14.2 Å². The van der Waals surface area contributed by atoms with Crippen molar-refractivity contribution in [2.45, 2.75) is 12.6 Å². The van der Waals surface area contributed by atoms with Crippen molar-refractivity contribution < 1.29 is 33.5 Å². The van der Waals surface area contributed by atoms with Crippen molar-refractivity contribution in [3.05, 3.63) is 93.4 Å². The largest absolute Gasteiger partial charge is 0.507 e. The summed E-state index contributed by atoms with van der Waals surface area (Å²) in [6.07, 6.45) is 1.44. The van der Waals surface area contributed by atoms with Gasteiger partial charge in [0.2, 0.25) is 0 Å². The highest BCUT2D eigenvalue weighted by Crippen LogP contribution is 2.44. The summed E-state index contributed by atoms with van der Waals surface area (Å²) in [4.78, 5) is 38.1. The predicted molar refractivity (Wildman–Crippen MR) is 119 cm³/mol. The van der Waals surface area contributed by atoms with E-state index in [9.17, 15) is 24.8 Å². The molecule has 1 aromatic heterocycles. The molecule has 0 spiro atoms. The number of ether oxygens (including phenoxy) is 2. The van der Waals surface area contributed by atoms with Gasteiger partial charge in [-0.25, -0.2) is 0 Å². The normalized spacial score (nSPS) is 17.1. The summed E-state index contributed by atoms with van der Waals surface area (Å²) >= 11 is 0. The lowest BCUT2D eigenvalue weighted by Gasteiger charge is -2.26.